The van der Waals surface area contributed by atoms with Crippen LogP contribution >= 0.6 is 11.8 Å². The third kappa shape index (κ3) is 5.05. The fourth-order valence-electron chi connectivity index (χ4n) is 3.72. The van der Waals surface area contributed by atoms with E-state index in [0.29, 0.717) is 24.1 Å². The third-order valence-electron chi connectivity index (χ3n) is 5.90. The maximum atomic E-state index is 11.0. The summed E-state index contributed by atoms with van der Waals surface area (Å²) in [5.41, 5.74) is 2.85. The highest BCUT2D eigenvalue weighted by Gasteiger charge is 2.33. The molecule has 2 atom stereocenters. The minimum absolute atomic E-state index is 0.465. The molecule has 2 aliphatic rings. The van der Waals surface area contributed by atoms with Crippen molar-refractivity contribution in [3.05, 3.63) is 34.8 Å². The molecule has 0 spiro atoms. The number of thioether (sulfide) groups is 1. The maximum Gasteiger partial charge on any atom is 0.224 e. The summed E-state index contributed by atoms with van der Waals surface area (Å²) in [6.07, 6.45) is 4.56. The molecule has 0 saturated heterocycles. The summed E-state index contributed by atoms with van der Waals surface area (Å²) < 4.78 is 0. The number of nitrogens with one attached hydrogen (secondary N) is 2. The number of aliphatic hydroxyl groups excluding tert-OH is 1. The lowest BCUT2D eigenvalue weighted by atomic mass is 10.0. The molecular formula is C23H32N6O2S. The van der Waals surface area contributed by atoms with Crippen LogP contribution in [0.2, 0.25) is 0 Å². The summed E-state index contributed by atoms with van der Waals surface area (Å²) in [4.78, 5) is 18.7. The number of nitrogens with zero attached hydrogens (tertiary/aromatic N) is 4. The Labute approximate surface area is 193 Å². The number of aromatic nitrogens is 3. The molecule has 2 aromatic heterocycles. The normalized spacial score (nSPS) is 18.4. The zero-order chi connectivity index (χ0) is 22.9. The number of aryl methyl sites for hydroxylation is 2. The largest absolute Gasteiger partial charge is 0.388 e. The number of anilines is 2. The molecule has 4 rings (SSSR count). The number of aliphatic imine (C=N–C) groups is 1. The van der Waals surface area contributed by atoms with E-state index >= 15 is 0 Å². The van der Waals surface area contributed by atoms with Gasteiger partial charge in [0.2, 0.25) is 5.95 Å². The Kier molecular flexibility index (Phi) is 6.69. The third-order valence-corrected chi connectivity index (χ3v) is 6.92. The Morgan fingerprint density at radius 3 is 2.75 bits per heavy atom. The molecule has 0 unspecified atom stereocenters. The SMILES string of the molecule is CCC[C@@H](O)[C@@](C)(O)Nc1nc(NCC2CC2)nc(C)c1C1=Nc2c(ccnc2C)CS1. The predicted octanol–water partition coefficient (Wildman–Crippen LogP) is 3.92. The van der Waals surface area contributed by atoms with Crippen LogP contribution in [0.25, 0.3) is 0 Å². The summed E-state index contributed by atoms with van der Waals surface area (Å²) >= 11 is 1.61. The Morgan fingerprint density at radius 2 is 2.03 bits per heavy atom. The lowest BCUT2D eigenvalue weighted by Crippen LogP contribution is -2.47. The zero-order valence-electron chi connectivity index (χ0n) is 19.1. The number of hydrogen-bond donors (Lipinski definition) is 4. The van der Waals surface area contributed by atoms with Crippen molar-refractivity contribution in [2.75, 3.05) is 17.2 Å². The van der Waals surface area contributed by atoms with Gasteiger partial charge in [0.15, 0.2) is 5.72 Å². The smallest absolute Gasteiger partial charge is 0.224 e. The average molecular weight is 457 g/mol. The first-order chi connectivity index (χ1) is 15.3. The van der Waals surface area contributed by atoms with E-state index in [9.17, 15) is 10.2 Å². The molecule has 1 aliphatic heterocycles. The highest BCUT2D eigenvalue weighted by Crippen LogP contribution is 2.37. The average Bonchev–Trinajstić information content (AvgIpc) is 3.57. The van der Waals surface area contributed by atoms with Crippen molar-refractivity contribution in [3.63, 3.8) is 0 Å². The van der Waals surface area contributed by atoms with E-state index in [1.54, 1.807) is 18.7 Å². The fourth-order valence-corrected chi connectivity index (χ4v) is 4.79. The highest BCUT2D eigenvalue weighted by molar-refractivity contribution is 8.13. The van der Waals surface area contributed by atoms with Crippen LogP contribution in [0.1, 0.15) is 62.0 Å². The Hall–Kier alpha value is -2.23. The second kappa shape index (κ2) is 9.33. The molecule has 8 nitrogen and oxygen atoms in total. The molecule has 0 aromatic carbocycles. The van der Waals surface area contributed by atoms with Gasteiger partial charge in [0.1, 0.15) is 17.0 Å². The van der Waals surface area contributed by atoms with E-state index in [1.807, 2.05) is 33.0 Å². The van der Waals surface area contributed by atoms with Gasteiger partial charge in [0.25, 0.3) is 0 Å². The second-order valence-electron chi connectivity index (χ2n) is 8.87. The summed E-state index contributed by atoms with van der Waals surface area (Å²) in [6.45, 7) is 8.26. The van der Waals surface area contributed by atoms with Crippen molar-refractivity contribution in [3.8, 4) is 0 Å². The monoisotopic (exact) mass is 456 g/mol. The van der Waals surface area contributed by atoms with E-state index in [4.69, 9.17) is 9.98 Å². The molecule has 1 aliphatic carbocycles. The van der Waals surface area contributed by atoms with Crippen molar-refractivity contribution in [1.29, 1.82) is 0 Å². The topological polar surface area (TPSA) is 116 Å². The highest BCUT2D eigenvalue weighted by atomic mass is 32.2. The van der Waals surface area contributed by atoms with Crippen molar-refractivity contribution in [2.45, 2.75) is 71.0 Å². The van der Waals surface area contributed by atoms with Crippen LogP contribution in [-0.2, 0) is 5.75 Å². The molecule has 2 aromatic rings. The quantitative estimate of drug-likeness (QED) is 0.420. The first kappa shape index (κ1) is 22.9. The standard InChI is InChI=1S/C23H32N6O2S/c1-5-6-17(30)23(4,31)29-20-18(13(2)26-22(28-20)25-11-15-7-8-15)21-27-19-14(3)24-10-9-16(19)12-32-21/h9-10,15,17,30-31H,5-8,11-12H2,1-4H3,(H2,25,26,28,29)/t17-,23-/m1/s1. The summed E-state index contributed by atoms with van der Waals surface area (Å²) in [7, 11) is 0. The maximum absolute atomic E-state index is 11.0. The van der Waals surface area contributed by atoms with Gasteiger partial charge in [0, 0.05) is 18.5 Å². The summed E-state index contributed by atoms with van der Waals surface area (Å²) in [6, 6.07) is 1.99. The van der Waals surface area contributed by atoms with Gasteiger partial charge >= 0.3 is 0 Å². The van der Waals surface area contributed by atoms with E-state index in [0.717, 1.165) is 52.0 Å². The van der Waals surface area contributed by atoms with Crippen molar-refractivity contribution >= 4 is 34.3 Å². The number of aliphatic hydroxyl groups is 2. The van der Waals surface area contributed by atoms with Crippen molar-refractivity contribution < 1.29 is 10.2 Å². The minimum Gasteiger partial charge on any atom is -0.388 e. The van der Waals surface area contributed by atoms with E-state index < -0.39 is 11.8 Å². The van der Waals surface area contributed by atoms with Crippen LogP contribution < -0.4 is 10.6 Å². The van der Waals surface area contributed by atoms with Gasteiger partial charge < -0.3 is 20.8 Å². The molecule has 32 heavy (non-hydrogen) atoms. The number of rotatable bonds is 9. The summed E-state index contributed by atoms with van der Waals surface area (Å²) in [5, 5.41) is 28.7. The van der Waals surface area contributed by atoms with Gasteiger partial charge in [-0.2, -0.15) is 4.98 Å². The van der Waals surface area contributed by atoms with Gasteiger partial charge in [-0.25, -0.2) is 9.98 Å². The van der Waals surface area contributed by atoms with Crippen molar-refractivity contribution in [1.82, 2.24) is 15.0 Å². The second-order valence-corrected chi connectivity index (χ2v) is 9.83. The molecule has 0 radical (unpaired) electrons. The van der Waals surface area contributed by atoms with Gasteiger partial charge in [-0.05, 0) is 57.6 Å². The van der Waals surface area contributed by atoms with Crippen LogP contribution in [0.5, 0.6) is 0 Å². The number of pyridine rings is 1. The van der Waals surface area contributed by atoms with Crippen LogP contribution in [0.3, 0.4) is 0 Å². The van der Waals surface area contributed by atoms with E-state index in [-0.39, 0.29) is 0 Å². The van der Waals surface area contributed by atoms with Crippen LogP contribution in [-0.4, -0.2) is 48.6 Å². The molecule has 1 fully saturated rings. The number of hydrogen-bond acceptors (Lipinski definition) is 9. The molecular weight excluding hydrogens is 424 g/mol. The van der Waals surface area contributed by atoms with Gasteiger partial charge in [-0.3, -0.25) is 4.98 Å². The Balaban J connectivity index is 1.74. The molecule has 4 N–H and O–H groups in total. The first-order valence-corrected chi connectivity index (χ1v) is 12.2. The van der Waals surface area contributed by atoms with Gasteiger partial charge in [0.05, 0.1) is 22.6 Å². The molecule has 1 saturated carbocycles. The zero-order valence-corrected chi connectivity index (χ0v) is 20.0. The van der Waals surface area contributed by atoms with Gasteiger partial charge in [-0.15, -0.1) is 11.8 Å². The molecule has 0 amide bonds. The van der Waals surface area contributed by atoms with Gasteiger partial charge in [-0.1, -0.05) is 13.3 Å². The van der Waals surface area contributed by atoms with E-state index in [2.05, 4.69) is 20.6 Å². The Bertz CT molecular complexity index is 1020. The molecule has 3 heterocycles. The molecule has 172 valence electrons. The fraction of sp³-hybridized carbons (Fsp3) is 0.565. The first-order valence-electron chi connectivity index (χ1n) is 11.3. The van der Waals surface area contributed by atoms with Crippen LogP contribution in [0.4, 0.5) is 17.5 Å². The van der Waals surface area contributed by atoms with Crippen LogP contribution in [0, 0.1) is 19.8 Å². The lowest BCUT2D eigenvalue weighted by molar-refractivity contribution is -0.0447. The minimum atomic E-state index is -1.55. The molecule has 0 bridgehead atoms. The lowest BCUT2D eigenvalue weighted by Gasteiger charge is -2.32. The van der Waals surface area contributed by atoms with E-state index in [1.165, 1.54) is 12.8 Å². The Morgan fingerprint density at radius 1 is 1.25 bits per heavy atom. The molecule has 9 heteroatoms. The van der Waals surface area contributed by atoms with Crippen LogP contribution in [0.15, 0.2) is 17.3 Å². The summed E-state index contributed by atoms with van der Waals surface area (Å²) in [5.74, 6) is 2.43. The predicted molar refractivity (Wildman–Crippen MR) is 130 cm³/mol. The van der Waals surface area contributed by atoms with Crippen molar-refractivity contribution in [2.24, 2.45) is 10.9 Å². The number of fused-ring (bicyclic) bond motifs is 1.